The van der Waals surface area contributed by atoms with Crippen molar-refractivity contribution in [2.24, 2.45) is 5.92 Å². The molecular weight excluding hydrogens is 349 g/mol. The van der Waals surface area contributed by atoms with Crippen LogP contribution in [0.25, 0.3) is 0 Å². The smallest absolute Gasteiger partial charge is 0.379 e. The van der Waals surface area contributed by atoms with Crippen molar-refractivity contribution in [3.63, 3.8) is 0 Å². The molecule has 0 aliphatic carbocycles. The number of aromatic nitrogens is 1. The van der Waals surface area contributed by atoms with E-state index in [-0.39, 0.29) is 24.3 Å². The average Bonchev–Trinajstić information content (AvgIpc) is 3.16. The second kappa shape index (κ2) is 7.49. The van der Waals surface area contributed by atoms with Crippen LogP contribution in [0, 0.1) is 12.8 Å². The van der Waals surface area contributed by atoms with Gasteiger partial charge in [0.15, 0.2) is 0 Å². The Labute approximate surface area is 148 Å². The summed E-state index contributed by atoms with van der Waals surface area (Å²) >= 11 is 0. The van der Waals surface area contributed by atoms with Crippen molar-refractivity contribution in [2.75, 3.05) is 13.2 Å². The van der Waals surface area contributed by atoms with Crippen LogP contribution in [0.1, 0.15) is 22.6 Å². The quantitative estimate of drug-likeness (QED) is 0.881. The van der Waals surface area contributed by atoms with Crippen LogP contribution in [-0.4, -0.2) is 30.3 Å². The molecule has 0 bridgehead atoms. The topological polar surface area (TPSA) is 64.4 Å². The predicted molar refractivity (Wildman–Crippen MR) is 86.3 cm³/mol. The first-order chi connectivity index (χ1) is 12.3. The summed E-state index contributed by atoms with van der Waals surface area (Å²) in [5.74, 6) is 0.418. The molecule has 1 fully saturated rings. The summed E-state index contributed by atoms with van der Waals surface area (Å²) in [7, 11) is 0. The third-order valence-electron chi connectivity index (χ3n) is 4.30. The predicted octanol–water partition coefficient (Wildman–Crippen LogP) is 2.92. The first-order valence-corrected chi connectivity index (χ1v) is 8.26. The lowest BCUT2D eigenvalue weighted by Gasteiger charge is -2.18. The Balaban J connectivity index is 1.59. The minimum absolute atomic E-state index is 0.0350. The standard InChI is InChI=1S/C18H19F3N2O3/c1-11-5-15(26-23-11)8-13-9-25-10-16(13)22-17(24)7-12-3-2-4-14(6-12)18(19,20)21/h2-6,13,16H,7-10H2,1H3,(H,22,24)/t13-,16+/m1/s1. The van der Waals surface area contributed by atoms with E-state index >= 15 is 0 Å². The summed E-state index contributed by atoms with van der Waals surface area (Å²) in [6.07, 6.45) is -3.96. The number of nitrogens with zero attached hydrogens (tertiary/aromatic N) is 1. The molecule has 1 amide bonds. The van der Waals surface area contributed by atoms with Gasteiger partial charge in [-0.15, -0.1) is 0 Å². The highest BCUT2D eigenvalue weighted by molar-refractivity contribution is 5.79. The van der Waals surface area contributed by atoms with Gasteiger partial charge in [0.05, 0.1) is 36.9 Å². The van der Waals surface area contributed by atoms with E-state index in [2.05, 4.69) is 10.5 Å². The van der Waals surface area contributed by atoms with Gasteiger partial charge in [-0.1, -0.05) is 23.4 Å². The second-order valence-electron chi connectivity index (χ2n) is 6.49. The van der Waals surface area contributed by atoms with Crippen molar-refractivity contribution < 1.29 is 27.2 Å². The number of benzene rings is 1. The summed E-state index contributed by atoms with van der Waals surface area (Å²) in [6.45, 7) is 2.67. The van der Waals surface area contributed by atoms with Crippen molar-refractivity contribution >= 4 is 5.91 Å². The van der Waals surface area contributed by atoms with Crippen LogP contribution in [0.4, 0.5) is 13.2 Å². The van der Waals surface area contributed by atoms with Crippen molar-refractivity contribution in [1.82, 2.24) is 10.5 Å². The molecule has 8 heteroatoms. The molecule has 2 heterocycles. The molecule has 0 saturated carbocycles. The number of rotatable bonds is 5. The number of amides is 1. The van der Waals surface area contributed by atoms with E-state index in [0.29, 0.717) is 25.2 Å². The molecule has 1 aromatic heterocycles. The van der Waals surface area contributed by atoms with Gasteiger partial charge >= 0.3 is 6.18 Å². The molecular formula is C18H19F3N2O3. The molecule has 26 heavy (non-hydrogen) atoms. The fraction of sp³-hybridized carbons (Fsp3) is 0.444. The monoisotopic (exact) mass is 368 g/mol. The number of nitrogens with one attached hydrogen (secondary N) is 1. The van der Waals surface area contributed by atoms with Crippen LogP contribution in [0.3, 0.4) is 0 Å². The molecule has 0 spiro atoms. The van der Waals surface area contributed by atoms with E-state index in [4.69, 9.17) is 9.26 Å². The fourth-order valence-corrected chi connectivity index (χ4v) is 3.03. The van der Waals surface area contributed by atoms with Crippen molar-refractivity contribution in [3.05, 3.63) is 52.9 Å². The molecule has 1 aliphatic heterocycles. The highest BCUT2D eigenvalue weighted by atomic mass is 19.4. The zero-order valence-corrected chi connectivity index (χ0v) is 14.2. The van der Waals surface area contributed by atoms with Crippen LogP contribution in [0.15, 0.2) is 34.9 Å². The molecule has 1 saturated heterocycles. The highest BCUT2D eigenvalue weighted by Crippen LogP contribution is 2.29. The van der Waals surface area contributed by atoms with Crippen molar-refractivity contribution in [1.29, 1.82) is 0 Å². The lowest BCUT2D eigenvalue weighted by atomic mass is 9.97. The maximum atomic E-state index is 12.8. The number of carbonyl (C=O) groups is 1. The van der Waals surface area contributed by atoms with E-state index in [1.54, 1.807) is 0 Å². The maximum absolute atomic E-state index is 12.8. The van der Waals surface area contributed by atoms with E-state index in [9.17, 15) is 18.0 Å². The van der Waals surface area contributed by atoms with Gasteiger partial charge in [-0.2, -0.15) is 13.2 Å². The first kappa shape index (κ1) is 18.4. The lowest BCUT2D eigenvalue weighted by molar-refractivity contribution is -0.137. The third kappa shape index (κ3) is 4.63. The number of hydrogen-bond acceptors (Lipinski definition) is 4. The molecule has 1 aliphatic rings. The van der Waals surface area contributed by atoms with Gasteiger partial charge in [-0.25, -0.2) is 0 Å². The van der Waals surface area contributed by atoms with Gasteiger partial charge in [0.25, 0.3) is 0 Å². The lowest BCUT2D eigenvalue weighted by Crippen LogP contribution is -2.41. The number of carbonyl (C=O) groups excluding carboxylic acids is 1. The largest absolute Gasteiger partial charge is 0.416 e. The molecule has 140 valence electrons. The Morgan fingerprint density at radius 1 is 1.31 bits per heavy atom. The fourth-order valence-electron chi connectivity index (χ4n) is 3.03. The van der Waals surface area contributed by atoms with E-state index in [1.807, 2.05) is 13.0 Å². The van der Waals surface area contributed by atoms with Gasteiger partial charge in [0.1, 0.15) is 5.76 Å². The minimum Gasteiger partial charge on any atom is -0.379 e. The van der Waals surface area contributed by atoms with Gasteiger partial charge in [0, 0.05) is 18.4 Å². The van der Waals surface area contributed by atoms with E-state index in [1.165, 1.54) is 12.1 Å². The average molecular weight is 368 g/mol. The molecule has 1 aromatic carbocycles. The zero-order valence-electron chi connectivity index (χ0n) is 14.2. The summed E-state index contributed by atoms with van der Waals surface area (Å²) < 4.78 is 48.9. The van der Waals surface area contributed by atoms with Crippen LogP contribution in [0.2, 0.25) is 0 Å². The van der Waals surface area contributed by atoms with Gasteiger partial charge < -0.3 is 14.6 Å². The van der Waals surface area contributed by atoms with Crippen LogP contribution < -0.4 is 5.32 Å². The maximum Gasteiger partial charge on any atom is 0.416 e. The summed E-state index contributed by atoms with van der Waals surface area (Å²) in [6, 6.07) is 6.42. The Hall–Kier alpha value is -2.35. The van der Waals surface area contributed by atoms with Crippen molar-refractivity contribution in [3.8, 4) is 0 Å². The molecule has 0 unspecified atom stereocenters. The molecule has 0 radical (unpaired) electrons. The van der Waals surface area contributed by atoms with Crippen LogP contribution in [0.5, 0.6) is 0 Å². The number of halogens is 3. The number of ether oxygens (including phenoxy) is 1. The van der Waals surface area contributed by atoms with E-state index in [0.717, 1.165) is 23.6 Å². The SMILES string of the molecule is Cc1cc(C[C@@H]2COC[C@@H]2NC(=O)Cc2cccc(C(F)(F)F)c2)on1. The highest BCUT2D eigenvalue weighted by Gasteiger charge is 2.32. The number of alkyl halides is 3. The number of aryl methyl sites for hydroxylation is 1. The van der Waals surface area contributed by atoms with Gasteiger partial charge in [0.2, 0.25) is 5.91 Å². The Morgan fingerprint density at radius 2 is 2.12 bits per heavy atom. The van der Waals surface area contributed by atoms with Crippen LogP contribution in [-0.2, 0) is 28.5 Å². The minimum atomic E-state index is -4.42. The van der Waals surface area contributed by atoms with E-state index < -0.39 is 11.7 Å². The zero-order chi connectivity index (χ0) is 18.7. The summed E-state index contributed by atoms with van der Waals surface area (Å²) in [5.41, 5.74) is 0.341. The molecule has 2 aromatic rings. The molecule has 3 rings (SSSR count). The Kier molecular flexibility index (Phi) is 5.31. The van der Waals surface area contributed by atoms with Crippen LogP contribution >= 0.6 is 0 Å². The molecule has 2 atom stereocenters. The molecule has 1 N–H and O–H groups in total. The molecule has 5 nitrogen and oxygen atoms in total. The Bertz CT molecular complexity index is 773. The normalized spacial score (nSPS) is 20.3. The summed E-state index contributed by atoms with van der Waals surface area (Å²) in [5, 5.41) is 6.69. The second-order valence-corrected chi connectivity index (χ2v) is 6.49. The Morgan fingerprint density at radius 3 is 2.81 bits per heavy atom. The first-order valence-electron chi connectivity index (χ1n) is 8.26. The third-order valence-corrected chi connectivity index (χ3v) is 4.30. The van der Waals surface area contributed by atoms with Gasteiger partial charge in [-0.05, 0) is 18.6 Å². The van der Waals surface area contributed by atoms with Crippen molar-refractivity contribution in [2.45, 2.75) is 32.0 Å². The number of hydrogen-bond donors (Lipinski definition) is 1. The van der Waals surface area contributed by atoms with Gasteiger partial charge in [-0.3, -0.25) is 4.79 Å². The summed E-state index contributed by atoms with van der Waals surface area (Å²) in [4.78, 5) is 12.2.